The molecule has 4 rings (SSSR count). The summed E-state index contributed by atoms with van der Waals surface area (Å²) in [6.07, 6.45) is 7.29. The van der Waals surface area contributed by atoms with Crippen LogP contribution in [0.25, 0.3) is 10.8 Å². The first-order chi connectivity index (χ1) is 13.3. The summed E-state index contributed by atoms with van der Waals surface area (Å²) in [6.45, 7) is 2.98. The van der Waals surface area contributed by atoms with Crippen LogP contribution >= 0.6 is 0 Å². The Labute approximate surface area is 162 Å². The van der Waals surface area contributed by atoms with E-state index in [2.05, 4.69) is 59.7 Å². The molecule has 1 heterocycles. The fourth-order valence-electron chi connectivity index (χ4n) is 3.77. The van der Waals surface area contributed by atoms with Crippen LogP contribution in [0.2, 0.25) is 0 Å². The van der Waals surface area contributed by atoms with Crippen molar-refractivity contribution in [1.29, 1.82) is 0 Å². The summed E-state index contributed by atoms with van der Waals surface area (Å²) < 4.78 is 0. The highest BCUT2D eigenvalue weighted by Crippen LogP contribution is 2.31. The van der Waals surface area contributed by atoms with E-state index >= 15 is 0 Å². The molecule has 0 bridgehead atoms. The fraction of sp³-hybridized carbons (Fsp3) is 0.375. The lowest BCUT2D eigenvalue weighted by Gasteiger charge is -2.13. The molecular weight excluding hydrogens is 332 g/mol. The fourth-order valence-corrected chi connectivity index (χ4v) is 3.77. The van der Waals surface area contributed by atoms with Gasteiger partial charge in [-0.25, -0.2) is 4.98 Å². The Balaban J connectivity index is 0.000000156. The highest BCUT2D eigenvalue weighted by atomic mass is 16.3. The molecule has 3 heteroatoms. The van der Waals surface area contributed by atoms with Crippen LogP contribution in [-0.2, 0) is 0 Å². The van der Waals surface area contributed by atoms with Crippen molar-refractivity contribution in [3.8, 4) is 0 Å². The number of fused-ring (bicyclic) bond motifs is 1. The molecule has 0 amide bonds. The lowest BCUT2D eigenvalue weighted by Crippen LogP contribution is -2.03. The Morgan fingerprint density at radius 3 is 2.52 bits per heavy atom. The molecule has 0 saturated heterocycles. The maximum Gasteiger partial charge on any atom is 0.133 e. The number of pyridine rings is 1. The topological polar surface area (TPSA) is 45.2 Å². The molecule has 1 aliphatic rings. The van der Waals surface area contributed by atoms with E-state index in [-0.39, 0.29) is 6.10 Å². The van der Waals surface area contributed by atoms with Gasteiger partial charge in [0.1, 0.15) is 5.82 Å². The Morgan fingerprint density at radius 1 is 0.926 bits per heavy atom. The number of aliphatic hydroxyl groups is 1. The Morgan fingerprint density at radius 2 is 1.70 bits per heavy atom. The predicted octanol–water partition coefficient (Wildman–Crippen LogP) is 5.76. The van der Waals surface area contributed by atoms with Gasteiger partial charge in [-0.2, -0.15) is 0 Å². The van der Waals surface area contributed by atoms with Crippen LogP contribution in [-0.4, -0.2) is 22.7 Å². The van der Waals surface area contributed by atoms with E-state index in [1.807, 2.05) is 24.4 Å². The molecule has 1 aliphatic carbocycles. The Bertz CT molecular complexity index is 813. The van der Waals surface area contributed by atoms with Crippen molar-refractivity contribution in [1.82, 2.24) is 4.98 Å². The van der Waals surface area contributed by atoms with Crippen molar-refractivity contribution in [2.24, 2.45) is 0 Å². The summed E-state index contributed by atoms with van der Waals surface area (Å²) in [5.41, 5.74) is 1.45. The highest BCUT2D eigenvalue weighted by molar-refractivity contribution is 5.91. The summed E-state index contributed by atoms with van der Waals surface area (Å²) in [4.78, 5) is 4.29. The maximum atomic E-state index is 9.55. The molecule has 1 aromatic heterocycles. The number of benzene rings is 2. The average molecular weight is 363 g/mol. The van der Waals surface area contributed by atoms with E-state index in [0.29, 0.717) is 5.92 Å². The molecule has 27 heavy (non-hydrogen) atoms. The van der Waals surface area contributed by atoms with Gasteiger partial charge < -0.3 is 10.4 Å². The predicted molar refractivity (Wildman–Crippen MR) is 114 cm³/mol. The number of anilines is 1. The molecule has 1 unspecified atom stereocenters. The zero-order valence-electron chi connectivity index (χ0n) is 16.1. The summed E-state index contributed by atoms with van der Waals surface area (Å²) in [6, 6.07) is 21.0. The van der Waals surface area contributed by atoms with Crippen molar-refractivity contribution < 1.29 is 5.11 Å². The van der Waals surface area contributed by atoms with E-state index in [1.165, 1.54) is 29.2 Å². The van der Waals surface area contributed by atoms with Crippen molar-refractivity contribution in [2.45, 2.75) is 51.0 Å². The zero-order chi connectivity index (χ0) is 18.9. The summed E-state index contributed by atoms with van der Waals surface area (Å²) in [5, 5.41) is 15.2. The van der Waals surface area contributed by atoms with Gasteiger partial charge in [0.25, 0.3) is 0 Å². The third-order valence-electron chi connectivity index (χ3n) is 5.23. The molecule has 0 aliphatic heterocycles. The second-order valence-corrected chi connectivity index (χ2v) is 7.18. The molecular formula is C24H30N2O. The van der Waals surface area contributed by atoms with Crippen LogP contribution in [0.15, 0.2) is 66.9 Å². The van der Waals surface area contributed by atoms with E-state index < -0.39 is 0 Å². The summed E-state index contributed by atoms with van der Waals surface area (Å²) in [7, 11) is 0. The summed E-state index contributed by atoms with van der Waals surface area (Å²) in [5.74, 6) is 1.65. The first-order valence-corrected chi connectivity index (χ1v) is 10.1. The van der Waals surface area contributed by atoms with Gasteiger partial charge >= 0.3 is 0 Å². The lowest BCUT2D eigenvalue weighted by atomic mass is 9.92. The van der Waals surface area contributed by atoms with Gasteiger partial charge in [0.05, 0.1) is 6.10 Å². The van der Waals surface area contributed by atoms with Crippen molar-refractivity contribution in [2.75, 3.05) is 11.9 Å². The third-order valence-corrected chi connectivity index (χ3v) is 5.23. The first-order valence-electron chi connectivity index (χ1n) is 10.1. The number of nitrogens with zero attached hydrogens (tertiary/aromatic N) is 1. The minimum atomic E-state index is -0.0521. The molecule has 2 aromatic carbocycles. The monoisotopic (exact) mass is 362 g/mol. The molecule has 0 radical (unpaired) electrons. The largest absolute Gasteiger partial charge is 0.393 e. The maximum absolute atomic E-state index is 9.55. The minimum absolute atomic E-state index is 0.0521. The molecule has 3 aromatic rings. The molecule has 2 atom stereocenters. The quantitative estimate of drug-likeness (QED) is 0.582. The van der Waals surface area contributed by atoms with E-state index in [1.54, 1.807) is 0 Å². The SMILES string of the molecule is CCNc1nccc2ccccc12.O[C@H]1CCCC(c2ccccc2)CC1. The third kappa shape index (κ3) is 5.54. The van der Waals surface area contributed by atoms with Gasteiger partial charge in [-0.15, -0.1) is 0 Å². The van der Waals surface area contributed by atoms with Crippen LogP contribution in [0.1, 0.15) is 50.5 Å². The highest BCUT2D eigenvalue weighted by Gasteiger charge is 2.17. The zero-order valence-corrected chi connectivity index (χ0v) is 16.1. The van der Waals surface area contributed by atoms with Gasteiger partial charge in [0.2, 0.25) is 0 Å². The molecule has 142 valence electrons. The number of rotatable bonds is 3. The molecule has 1 saturated carbocycles. The number of hydrogen-bond donors (Lipinski definition) is 2. The number of hydrogen-bond acceptors (Lipinski definition) is 3. The Kier molecular flexibility index (Phi) is 7.23. The van der Waals surface area contributed by atoms with Crippen LogP contribution in [0.5, 0.6) is 0 Å². The average Bonchev–Trinajstić information content (AvgIpc) is 2.94. The second kappa shape index (κ2) is 10.1. The number of aliphatic hydroxyl groups excluding tert-OH is 1. The summed E-state index contributed by atoms with van der Waals surface area (Å²) >= 11 is 0. The molecule has 3 nitrogen and oxygen atoms in total. The number of aromatic nitrogens is 1. The van der Waals surface area contributed by atoms with Gasteiger partial charge in [-0.3, -0.25) is 0 Å². The van der Waals surface area contributed by atoms with Gasteiger partial charge in [-0.05, 0) is 55.5 Å². The van der Waals surface area contributed by atoms with Crippen LogP contribution in [0.4, 0.5) is 5.82 Å². The van der Waals surface area contributed by atoms with Crippen molar-refractivity contribution >= 4 is 16.6 Å². The molecule has 1 fully saturated rings. The van der Waals surface area contributed by atoms with Crippen molar-refractivity contribution in [3.05, 3.63) is 72.4 Å². The van der Waals surface area contributed by atoms with Gasteiger partial charge in [0.15, 0.2) is 0 Å². The minimum Gasteiger partial charge on any atom is -0.393 e. The Hall–Kier alpha value is -2.39. The van der Waals surface area contributed by atoms with Crippen LogP contribution in [0.3, 0.4) is 0 Å². The lowest BCUT2D eigenvalue weighted by molar-refractivity contribution is 0.157. The molecule has 0 spiro atoms. The smallest absolute Gasteiger partial charge is 0.133 e. The van der Waals surface area contributed by atoms with E-state index in [4.69, 9.17) is 0 Å². The van der Waals surface area contributed by atoms with Crippen LogP contribution in [0, 0.1) is 0 Å². The van der Waals surface area contributed by atoms with Crippen molar-refractivity contribution in [3.63, 3.8) is 0 Å². The molecule has 2 N–H and O–H groups in total. The van der Waals surface area contributed by atoms with E-state index in [0.717, 1.165) is 31.6 Å². The first kappa shape index (κ1) is 19.4. The van der Waals surface area contributed by atoms with Crippen LogP contribution < -0.4 is 5.32 Å². The van der Waals surface area contributed by atoms with Gasteiger partial charge in [-0.1, -0.05) is 61.0 Å². The standard InChI is InChI=1S/C13H18O.C11H12N2/c14-13-8-4-7-12(9-10-13)11-5-2-1-3-6-11;1-2-12-11-10-6-4-3-5-9(10)7-8-13-11/h1-3,5-6,12-14H,4,7-10H2;3-8H,2H2,1H3,(H,12,13)/t12?,13-;/m0./s1. The number of nitrogens with one attached hydrogen (secondary N) is 1. The normalized spacial score (nSPS) is 19.6. The van der Waals surface area contributed by atoms with Gasteiger partial charge in [0, 0.05) is 18.1 Å². The van der Waals surface area contributed by atoms with E-state index in [9.17, 15) is 5.11 Å². The second-order valence-electron chi connectivity index (χ2n) is 7.18.